The molecule has 9 heteroatoms. The van der Waals surface area contributed by atoms with E-state index < -0.39 is 49.5 Å². The van der Waals surface area contributed by atoms with E-state index in [0.717, 1.165) is 32.1 Å². The summed E-state index contributed by atoms with van der Waals surface area (Å²) < 4.78 is 11.0. The maximum Gasteiger partial charge on any atom is 0.220 e. The van der Waals surface area contributed by atoms with Gasteiger partial charge in [0.05, 0.1) is 25.4 Å². The highest BCUT2D eigenvalue weighted by Crippen LogP contribution is 2.22. The molecule has 0 radical (unpaired) electrons. The van der Waals surface area contributed by atoms with Crippen molar-refractivity contribution in [2.75, 3.05) is 13.2 Å². The van der Waals surface area contributed by atoms with Gasteiger partial charge in [0.1, 0.15) is 24.4 Å². The molecule has 1 saturated heterocycles. The van der Waals surface area contributed by atoms with E-state index in [1.54, 1.807) is 6.08 Å². The summed E-state index contributed by atoms with van der Waals surface area (Å²) in [5.41, 5.74) is 0. The first-order valence-electron chi connectivity index (χ1n) is 15.7. The van der Waals surface area contributed by atoms with Gasteiger partial charge in [-0.1, -0.05) is 82.4 Å². The van der Waals surface area contributed by atoms with Crippen molar-refractivity contribution in [1.29, 1.82) is 0 Å². The molecule has 0 aromatic carbocycles. The summed E-state index contributed by atoms with van der Waals surface area (Å²) >= 11 is 0. The molecular weight excluding hydrogens is 526 g/mol. The molecule has 1 amide bonds. The van der Waals surface area contributed by atoms with Crippen LogP contribution in [0.15, 0.2) is 36.5 Å². The van der Waals surface area contributed by atoms with Crippen LogP contribution in [0.1, 0.15) is 104 Å². The van der Waals surface area contributed by atoms with Crippen LogP contribution in [-0.2, 0) is 14.3 Å². The summed E-state index contributed by atoms with van der Waals surface area (Å²) in [4.78, 5) is 12.7. The number of hydrogen-bond donors (Lipinski definition) is 6. The second kappa shape index (κ2) is 23.9. The van der Waals surface area contributed by atoms with Crippen molar-refractivity contribution in [3.05, 3.63) is 36.5 Å². The molecule has 1 rings (SSSR count). The predicted octanol–water partition coefficient (Wildman–Crippen LogP) is 3.82. The maximum absolute atomic E-state index is 12.7. The fraction of sp³-hybridized carbons (Fsp3) is 0.781. The highest BCUT2D eigenvalue weighted by molar-refractivity contribution is 5.76. The Morgan fingerprint density at radius 2 is 1.39 bits per heavy atom. The van der Waals surface area contributed by atoms with E-state index in [1.165, 1.54) is 44.9 Å². The van der Waals surface area contributed by atoms with Crippen molar-refractivity contribution in [2.24, 2.45) is 0 Å². The number of aliphatic hydroxyl groups is 5. The number of rotatable bonds is 23. The summed E-state index contributed by atoms with van der Waals surface area (Å²) in [7, 11) is 0. The summed E-state index contributed by atoms with van der Waals surface area (Å²) in [6, 6.07) is -0.829. The van der Waals surface area contributed by atoms with Gasteiger partial charge >= 0.3 is 0 Å². The second-order valence-electron chi connectivity index (χ2n) is 10.9. The fourth-order valence-electron chi connectivity index (χ4n) is 4.52. The zero-order chi connectivity index (χ0) is 30.3. The second-order valence-corrected chi connectivity index (χ2v) is 10.9. The normalized spacial score (nSPS) is 24.9. The lowest BCUT2D eigenvalue weighted by atomic mass is 9.99. The molecular formula is C32H57NO8. The van der Waals surface area contributed by atoms with Crippen molar-refractivity contribution < 1.29 is 39.8 Å². The van der Waals surface area contributed by atoms with Gasteiger partial charge in [-0.25, -0.2) is 0 Å². The predicted molar refractivity (Wildman–Crippen MR) is 161 cm³/mol. The number of ether oxygens (including phenoxy) is 2. The van der Waals surface area contributed by atoms with E-state index in [4.69, 9.17) is 9.47 Å². The standard InChI is InChI=1S/C32H57NO8/c1-3-5-7-9-11-13-15-17-19-21-26(35)25(24-40-32-31(39)30(38)29(37)27(23-34)41-32)33-28(36)22-20-18-16-14-12-10-8-6-4-2/h11,13-14,16,19,21,25-27,29-32,34-35,37-39H,3-10,12,15,17-18,20,22-24H2,1-2H3,(H,33,36)/b13-11+,16-14-,21-19+. The van der Waals surface area contributed by atoms with E-state index in [2.05, 4.69) is 43.5 Å². The molecule has 0 aromatic rings. The third-order valence-corrected chi connectivity index (χ3v) is 7.19. The van der Waals surface area contributed by atoms with Crippen molar-refractivity contribution in [3.8, 4) is 0 Å². The van der Waals surface area contributed by atoms with Gasteiger partial charge in [-0.15, -0.1) is 0 Å². The van der Waals surface area contributed by atoms with Gasteiger partial charge in [0.2, 0.25) is 5.91 Å². The van der Waals surface area contributed by atoms with Crippen molar-refractivity contribution in [3.63, 3.8) is 0 Å². The number of carbonyl (C=O) groups excluding carboxylic acids is 1. The highest BCUT2D eigenvalue weighted by atomic mass is 16.7. The number of unbranched alkanes of at least 4 members (excludes halogenated alkanes) is 9. The van der Waals surface area contributed by atoms with E-state index in [1.807, 2.05) is 6.08 Å². The van der Waals surface area contributed by atoms with Gasteiger partial charge in [-0.05, 0) is 51.4 Å². The van der Waals surface area contributed by atoms with Crippen LogP contribution in [0.5, 0.6) is 0 Å². The molecule has 6 N–H and O–H groups in total. The van der Waals surface area contributed by atoms with Crippen molar-refractivity contribution in [1.82, 2.24) is 5.32 Å². The largest absolute Gasteiger partial charge is 0.394 e. The molecule has 41 heavy (non-hydrogen) atoms. The number of nitrogens with one attached hydrogen (secondary N) is 1. The Morgan fingerprint density at radius 3 is 2.05 bits per heavy atom. The Labute approximate surface area is 247 Å². The minimum absolute atomic E-state index is 0.213. The third-order valence-electron chi connectivity index (χ3n) is 7.19. The number of carbonyl (C=O) groups is 1. The van der Waals surface area contributed by atoms with Gasteiger partial charge in [0.15, 0.2) is 6.29 Å². The van der Waals surface area contributed by atoms with Crippen molar-refractivity contribution in [2.45, 2.75) is 147 Å². The Bertz CT molecular complexity index is 741. The van der Waals surface area contributed by atoms with Crippen LogP contribution < -0.4 is 5.32 Å². The lowest BCUT2D eigenvalue weighted by Gasteiger charge is -2.40. The van der Waals surface area contributed by atoms with Gasteiger partial charge < -0.3 is 40.3 Å². The number of amides is 1. The zero-order valence-corrected chi connectivity index (χ0v) is 25.3. The zero-order valence-electron chi connectivity index (χ0n) is 25.3. The summed E-state index contributed by atoms with van der Waals surface area (Å²) in [5, 5.41) is 53.4. The topological polar surface area (TPSA) is 149 Å². The molecule has 238 valence electrons. The minimum atomic E-state index is -1.57. The summed E-state index contributed by atoms with van der Waals surface area (Å²) in [6.45, 7) is 3.58. The average molecular weight is 584 g/mol. The Morgan fingerprint density at radius 1 is 0.805 bits per heavy atom. The first kappa shape index (κ1) is 37.4. The molecule has 0 spiro atoms. The average Bonchev–Trinajstić information content (AvgIpc) is 2.97. The Hall–Kier alpha value is -1.59. The molecule has 9 nitrogen and oxygen atoms in total. The molecule has 1 fully saturated rings. The summed E-state index contributed by atoms with van der Waals surface area (Å²) in [5.74, 6) is -0.230. The van der Waals surface area contributed by atoms with Crippen LogP contribution >= 0.6 is 0 Å². The molecule has 1 aliphatic rings. The molecule has 1 heterocycles. The maximum atomic E-state index is 12.7. The van der Waals surface area contributed by atoms with Crippen LogP contribution in [0.4, 0.5) is 0 Å². The van der Waals surface area contributed by atoms with E-state index in [9.17, 15) is 30.3 Å². The fourth-order valence-corrected chi connectivity index (χ4v) is 4.52. The molecule has 0 aromatic heterocycles. The van der Waals surface area contributed by atoms with Crippen LogP contribution in [0.2, 0.25) is 0 Å². The minimum Gasteiger partial charge on any atom is -0.394 e. The SMILES string of the molecule is CCCCC/C=C/CC/C=C/C(O)C(COC1OC(CO)C(O)C(O)C1O)NC(=O)CCC/C=C\CCCCCC. The molecule has 0 bridgehead atoms. The molecule has 1 aliphatic heterocycles. The Kier molecular flexibility index (Phi) is 21.8. The van der Waals surface area contributed by atoms with Crippen LogP contribution in [0, 0.1) is 0 Å². The summed E-state index contributed by atoms with van der Waals surface area (Å²) in [6.07, 6.45) is 17.9. The molecule has 7 unspecified atom stereocenters. The van der Waals surface area contributed by atoms with Crippen LogP contribution in [-0.4, -0.2) is 87.5 Å². The van der Waals surface area contributed by atoms with E-state index >= 15 is 0 Å². The van der Waals surface area contributed by atoms with Gasteiger partial charge in [-0.3, -0.25) is 4.79 Å². The van der Waals surface area contributed by atoms with Crippen LogP contribution in [0.25, 0.3) is 0 Å². The van der Waals surface area contributed by atoms with Crippen LogP contribution in [0.3, 0.4) is 0 Å². The number of aliphatic hydroxyl groups excluding tert-OH is 5. The molecule has 7 atom stereocenters. The quantitative estimate of drug-likeness (QED) is 0.0786. The monoisotopic (exact) mass is 583 g/mol. The van der Waals surface area contributed by atoms with E-state index in [0.29, 0.717) is 6.42 Å². The van der Waals surface area contributed by atoms with Gasteiger partial charge in [-0.2, -0.15) is 0 Å². The number of hydrogen-bond acceptors (Lipinski definition) is 8. The first-order chi connectivity index (χ1) is 19.8. The number of allylic oxidation sites excluding steroid dienone is 5. The lowest BCUT2D eigenvalue weighted by Crippen LogP contribution is -2.60. The van der Waals surface area contributed by atoms with Gasteiger partial charge in [0.25, 0.3) is 0 Å². The molecule has 0 saturated carbocycles. The smallest absolute Gasteiger partial charge is 0.220 e. The highest BCUT2D eigenvalue weighted by Gasteiger charge is 2.44. The Balaban J connectivity index is 2.63. The molecule has 0 aliphatic carbocycles. The van der Waals surface area contributed by atoms with Gasteiger partial charge in [0, 0.05) is 6.42 Å². The lowest BCUT2D eigenvalue weighted by molar-refractivity contribution is -0.302. The van der Waals surface area contributed by atoms with Crippen molar-refractivity contribution >= 4 is 5.91 Å². The van der Waals surface area contributed by atoms with E-state index in [-0.39, 0.29) is 18.9 Å². The third kappa shape index (κ3) is 16.6. The first-order valence-corrected chi connectivity index (χ1v) is 15.7.